The molecule has 2 heterocycles. The van der Waals surface area contributed by atoms with Gasteiger partial charge in [-0.15, -0.1) is 11.3 Å². The quantitative estimate of drug-likeness (QED) is 0.658. The molecular formula is C13H10N2S2. The standard InChI is InChI=1S/C13H10N2S2/c1-8-14-10-7-11(9-5-3-2-4-6-9)17-12(10)13(16)15-8/h2-7H,1H3,(H,14,15,16). The molecule has 4 heteroatoms. The van der Waals surface area contributed by atoms with E-state index in [1.54, 1.807) is 11.3 Å². The minimum Gasteiger partial charge on any atom is -0.343 e. The number of benzene rings is 1. The molecule has 3 rings (SSSR count). The first-order valence-corrected chi connectivity index (χ1v) is 6.52. The first-order valence-electron chi connectivity index (χ1n) is 5.30. The van der Waals surface area contributed by atoms with Crippen molar-refractivity contribution in [2.24, 2.45) is 0 Å². The third-order valence-corrected chi connectivity index (χ3v) is 4.18. The van der Waals surface area contributed by atoms with Gasteiger partial charge in [-0.25, -0.2) is 4.98 Å². The van der Waals surface area contributed by atoms with Crippen LogP contribution in [-0.2, 0) is 0 Å². The molecule has 0 amide bonds. The van der Waals surface area contributed by atoms with Crippen LogP contribution in [-0.4, -0.2) is 9.97 Å². The van der Waals surface area contributed by atoms with Gasteiger partial charge in [-0.3, -0.25) is 0 Å². The number of aromatic amines is 1. The monoisotopic (exact) mass is 258 g/mol. The third-order valence-electron chi connectivity index (χ3n) is 2.57. The summed E-state index contributed by atoms with van der Waals surface area (Å²) in [6.45, 7) is 1.93. The summed E-state index contributed by atoms with van der Waals surface area (Å²) in [5.74, 6) is 0.861. The van der Waals surface area contributed by atoms with Crippen molar-refractivity contribution in [2.45, 2.75) is 6.92 Å². The average Bonchev–Trinajstić information content (AvgIpc) is 2.74. The van der Waals surface area contributed by atoms with Crippen molar-refractivity contribution in [3.8, 4) is 10.4 Å². The Kier molecular flexibility index (Phi) is 2.53. The van der Waals surface area contributed by atoms with Gasteiger partial charge in [0.05, 0.1) is 10.2 Å². The number of fused-ring (bicyclic) bond motifs is 1. The molecule has 0 aliphatic carbocycles. The lowest BCUT2D eigenvalue weighted by Gasteiger charge is -1.93. The highest BCUT2D eigenvalue weighted by molar-refractivity contribution is 7.71. The van der Waals surface area contributed by atoms with Gasteiger partial charge in [0.15, 0.2) is 0 Å². The molecule has 17 heavy (non-hydrogen) atoms. The summed E-state index contributed by atoms with van der Waals surface area (Å²) in [5, 5.41) is 0. The lowest BCUT2D eigenvalue weighted by Crippen LogP contribution is -1.85. The van der Waals surface area contributed by atoms with E-state index in [0.29, 0.717) is 4.64 Å². The molecule has 0 saturated heterocycles. The second kappa shape index (κ2) is 4.05. The van der Waals surface area contributed by atoms with E-state index in [9.17, 15) is 0 Å². The smallest absolute Gasteiger partial charge is 0.147 e. The Morgan fingerprint density at radius 1 is 1.24 bits per heavy atom. The predicted molar refractivity (Wildman–Crippen MR) is 75.0 cm³/mol. The minimum atomic E-state index is 0.684. The molecule has 0 saturated carbocycles. The van der Waals surface area contributed by atoms with Gasteiger partial charge in [0.25, 0.3) is 0 Å². The Morgan fingerprint density at radius 2 is 2.00 bits per heavy atom. The summed E-state index contributed by atoms with van der Waals surface area (Å²) >= 11 is 6.97. The number of H-pyrrole nitrogens is 1. The van der Waals surface area contributed by atoms with Crippen LogP contribution in [0.25, 0.3) is 20.7 Å². The number of aryl methyl sites for hydroxylation is 1. The van der Waals surface area contributed by atoms with Gasteiger partial charge in [0, 0.05) is 4.88 Å². The number of aromatic nitrogens is 2. The lowest BCUT2D eigenvalue weighted by molar-refractivity contribution is 1.08. The Balaban J connectivity index is 2.28. The molecule has 2 nitrogen and oxygen atoms in total. The zero-order valence-corrected chi connectivity index (χ0v) is 10.9. The molecule has 84 valence electrons. The van der Waals surface area contributed by atoms with Crippen molar-refractivity contribution in [2.75, 3.05) is 0 Å². The summed E-state index contributed by atoms with van der Waals surface area (Å²) in [6.07, 6.45) is 0. The van der Waals surface area contributed by atoms with E-state index in [-0.39, 0.29) is 0 Å². The van der Waals surface area contributed by atoms with Gasteiger partial charge >= 0.3 is 0 Å². The number of nitrogens with zero attached hydrogens (tertiary/aromatic N) is 1. The first kappa shape index (κ1) is 10.6. The first-order chi connectivity index (χ1) is 8.24. The molecule has 0 fully saturated rings. The number of thiophene rings is 1. The van der Waals surface area contributed by atoms with Crippen molar-refractivity contribution in [1.29, 1.82) is 0 Å². The van der Waals surface area contributed by atoms with Gasteiger partial charge in [0.2, 0.25) is 0 Å². The van der Waals surface area contributed by atoms with Crippen molar-refractivity contribution >= 4 is 33.8 Å². The molecule has 1 N–H and O–H groups in total. The number of hydrogen-bond donors (Lipinski definition) is 1. The van der Waals surface area contributed by atoms with Crippen LogP contribution in [0.4, 0.5) is 0 Å². The van der Waals surface area contributed by atoms with E-state index in [1.165, 1.54) is 10.4 Å². The summed E-state index contributed by atoms with van der Waals surface area (Å²) < 4.78 is 1.74. The van der Waals surface area contributed by atoms with Crippen LogP contribution in [0.3, 0.4) is 0 Å². The third kappa shape index (κ3) is 1.90. The summed E-state index contributed by atoms with van der Waals surface area (Å²) in [5.41, 5.74) is 2.29. The van der Waals surface area contributed by atoms with Gasteiger partial charge in [-0.2, -0.15) is 0 Å². The van der Waals surface area contributed by atoms with E-state index in [0.717, 1.165) is 16.0 Å². The molecule has 3 aromatic rings. The van der Waals surface area contributed by atoms with Gasteiger partial charge in [0.1, 0.15) is 10.5 Å². The zero-order valence-electron chi connectivity index (χ0n) is 9.23. The minimum absolute atomic E-state index is 0.684. The fourth-order valence-electron chi connectivity index (χ4n) is 1.81. The molecule has 0 aliphatic heterocycles. The Morgan fingerprint density at radius 3 is 2.76 bits per heavy atom. The van der Waals surface area contributed by atoms with E-state index < -0.39 is 0 Å². The predicted octanol–water partition coefficient (Wildman–Crippen LogP) is 4.33. The van der Waals surface area contributed by atoms with Crippen LogP contribution in [0, 0.1) is 11.6 Å². The molecule has 0 bridgehead atoms. The second-order valence-electron chi connectivity index (χ2n) is 3.85. The van der Waals surface area contributed by atoms with Gasteiger partial charge < -0.3 is 4.98 Å². The largest absolute Gasteiger partial charge is 0.343 e. The maximum atomic E-state index is 5.28. The van der Waals surface area contributed by atoms with E-state index in [1.807, 2.05) is 25.1 Å². The fourth-order valence-corrected chi connectivity index (χ4v) is 3.19. The number of nitrogens with one attached hydrogen (secondary N) is 1. The highest BCUT2D eigenvalue weighted by atomic mass is 32.1. The van der Waals surface area contributed by atoms with Crippen LogP contribution in [0.15, 0.2) is 36.4 Å². The molecule has 1 aromatic carbocycles. The molecule has 0 unspecified atom stereocenters. The van der Waals surface area contributed by atoms with Crippen LogP contribution in [0.5, 0.6) is 0 Å². The maximum Gasteiger partial charge on any atom is 0.147 e. The van der Waals surface area contributed by atoms with Crippen LogP contribution >= 0.6 is 23.6 Å². The highest BCUT2D eigenvalue weighted by Crippen LogP contribution is 2.32. The van der Waals surface area contributed by atoms with Gasteiger partial charge in [-0.05, 0) is 18.6 Å². The van der Waals surface area contributed by atoms with Crippen LogP contribution < -0.4 is 0 Å². The van der Waals surface area contributed by atoms with Crippen molar-refractivity contribution in [3.63, 3.8) is 0 Å². The molecular weight excluding hydrogens is 248 g/mol. The Labute approximate surface area is 108 Å². The summed E-state index contributed by atoms with van der Waals surface area (Å²) in [4.78, 5) is 8.75. The molecule has 0 atom stereocenters. The van der Waals surface area contributed by atoms with Crippen molar-refractivity contribution in [1.82, 2.24) is 9.97 Å². The van der Waals surface area contributed by atoms with Crippen molar-refractivity contribution < 1.29 is 0 Å². The topological polar surface area (TPSA) is 28.7 Å². The number of hydrogen-bond acceptors (Lipinski definition) is 3. The maximum absolute atomic E-state index is 5.28. The van der Waals surface area contributed by atoms with Crippen molar-refractivity contribution in [3.05, 3.63) is 46.9 Å². The molecule has 0 spiro atoms. The molecule has 0 radical (unpaired) electrons. The van der Waals surface area contributed by atoms with Gasteiger partial charge in [-0.1, -0.05) is 42.5 Å². The van der Waals surface area contributed by atoms with E-state index in [2.05, 4.69) is 28.2 Å². The Hall–Kier alpha value is -1.52. The zero-order chi connectivity index (χ0) is 11.8. The summed E-state index contributed by atoms with van der Waals surface area (Å²) in [6, 6.07) is 12.5. The van der Waals surface area contributed by atoms with E-state index >= 15 is 0 Å². The lowest BCUT2D eigenvalue weighted by atomic mass is 10.2. The van der Waals surface area contributed by atoms with Crippen LogP contribution in [0.1, 0.15) is 5.82 Å². The highest BCUT2D eigenvalue weighted by Gasteiger charge is 2.06. The average molecular weight is 258 g/mol. The SMILES string of the molecule is Cc1nc(=S)c2sc(-c3ccccc3)cc2[nH]1. The normalized spacial score (nSPS) is 10.9. The molecule has 0 aliphatic rings. The molecule has 2 aromatic heterocycles. The van der Waals surface area contributed by atoms with E-state index in [4.69, 9.17) is 12.2 Å². The number of rotatable bonds is 1. The van der Waals surface area contributed by atoms with Crippen LogP contribution in [0.2, 0.25) is 0 Å². The Bertz CT molecular complexity index is 726. The fraction of sp³-hybridized carbons (Fsp3) is 0.0769. The summed E-state index contributed by atoms with van der Waals surface area (Å²) in [7, 11) is 0. The second-order valence-corrected chi connectivity index (χ2v) is 5.29.